The fourth-order valence-corrected chi connectivity index (χ4v) is 3.05. The summed E-state index contributed by atoms with van der Waals surface area (Å²) in [5.41, 5.74) is 6.62. The Labute approximate surface area is 238 Å². The summed E-state index contributed by atoms with van der Waals surface area (Å²) >= 11 is 0. The van der Waals surface area contributed by atoms with Crippen LogP contribution >= 0.6 is 0 Å². The fourth-order valence-electron chi connectivity index (χ4n) is 3.05. The number of carboxylic acid groups (broad SMARTS) is 2. The third kappa shape index (κ3) is 8.18. The molecular weight excluding hydrogens is 468 g/mol. The molecular formula is C19H21N7Na2O6. The van der Waals surface area contributed by atoms with Gasteiger partial charge in [0.15, 0.2) is 5.82 Å². The Kier molecular flexibility index (Phi) is 11.9. The van der Waals surface area contributed by atoms with E-state index in [2.05, 4.69) is 31.2 Å². The van der Waals surface area contributed by atoms with Crippen molar-refractivity contribution in [2.75, 3.05) is 34.8 Å². The maximum Gasteiger partial charge on any atom is 1.00 e. The van der Waals surface area contributed by atoms with Gasteiger partial charge in [-0.2, -0.15) is 4.98 Å². The van der Waals surface area contributed by atoms with Crippen LogP contribution in [0.5, 0.6) is 5.88 Å². The van der Waals surface area contributed by atoms with Crippen LogP contribution in [0.3, 0.4) is 0 Å². The van der Waals surface area contributed by atoms with E-state index < -0.39 is 36.2 Å². The van der Waals surface area contributed by atoms with Gasteiger partial charge in [-0.1, -0.05) is 0 Å². The Bertz CT molecular complexity index is 1020. The second kappa shape index (κ2) is 13.6. The van der Waals surface area contributed by atoms with Gasteiger partial charge in [0.25, 0.3) is 5.91 Å². The summed E-state index contributed by atoms with van der Waals surface area (Å²) in [6, 6.07) is 4.80. The summed E-state index contributed by atoms with van der Waals surface area (Å²) in [5, 5.41) is 43.1. The van der Waals surface area contributed by atoms with Crippen molar-refractivity contribution >= 4 is 41.0 Å². The molecule has 1 aliphatic heterocycles. The van der Waals surface area contributed by atoms with Gasteiger partial charge in [-0.25, -0.2) is 9.78 Å². The number of nitrogens with one attached hydrogen (secondary N) is 4. The minimum absolute atomic E-state index is 0. The molecule has 3 rings (SSSR count). The summed E-state index contributed by atoms with van der Waals surface area (Å²) in [6.45, 7) is 0.922. The molecule has 0 fully saturated rings. The Morgan fingerprint density at radius 2 is 1.88 bits per heavy atom. The minimum atomic E-state index is -1.39. The molecule has 0 saturated carbocycles. The first kappa shape index (κ1) is 29.7. The fraction of sp³-hybridized carbons (Fsp3) is 0.316. The standard InChI is InChI=1S/C19H23N7O6.2Na/c20-19-25-15-14(17(30)26-19)23-11(8-22-15)7-21-10-3-1-9(2-4-10)16(29)24-12(18(31)32)5-6-13(27)28;;/h1-4,11-12,21,23H,5-8H2,(H,24,29)(H,27,28)(H,31,32)(H4,20,22,25,26,30);;/q;2*+1/p-2/t11?,12-;;/m0../s1. The largest absolute Gasteiger partial charge is 1.00 e. The Balaban J connectivity index is 0.00000289. The number of carbonyl (C=O) groups is 3. The number of aromatic nitrogens is 2. The first-order valence-corrected chi connectivity index (χ1v) is 9.65. The molecule has 1 aromatic carbocycles. The maximum atomic E-state index is 12.3. The van der Waals surface area contributed by atoms with Gasteiger partial charge in [0.1, 0.15) is 6.04 Å². The van der Waals surface area contributed by atoms with Crippen molar-refractivity contribution in [2.24, 2.45) is 0 Å². The zero-order valence-corrected chi connectivity index (χ0v) is 22.8. The van der Waals surface area contributed by atoms with Crippen molar-refractivity contribution in [1.29, 1.82) is 0 Å². The van der Waals surface area contributed by atoms with Crippen molar-refractivity contribution in [3.05, 3.63) is 29.8 Å². The van der Waals surface area contributed by atoms with Gasteiger partial charge in [-0.3, -0.25) is 4.79 Å². The average molecular weight is 489 g/mol. The van der Waals surface area contributed by atoms with Crippen molar-refractivity contribution in [2.45, 2.75) is 24.9 Å². The number of fused-ring (bicyclic) bond motifs is 1. The molecule has 0 saturated heterocycles. The second-order valence-corrected chi connectivity index (χ2v) is 7.07. The maximum absolute atomic E-state index is 12.3. The monoisotopic (exact) mass is 489 g/mol. The number of nitrogens with zero attached hydrogens (tertiary/aromatic N) is 2. The molecule has 1 aromatic heterocycles. The molecule has 0 aliphatic carbocycles. The van der Waals surface area contributed by atoms with Crippen LogP contribution in [0.15, 0.2) is 24.3 Å². The van der Waals surface area contributed by atoms with Gasteiger partial charge in [-0.15, -0.1) is 0 Å². The summed E-state index contributed by atoms with van der Waals surface area (Å²) < 4.78 is 0. The van der Waals surface area contributed by atoms with Crippen LogP contribution in [-0.2, 0) is 9.59 Å². The van der Waals surface area contributed by atoms with Crippen LogP contribution in [0.2, 0.25) is 0 Å². The van der Waals surface area contributed by atoms with Crippen LogP contribution in [0, 0.1) is 0 Å². The number of amides is 1. The molecule has 1 aliphatic rings. The van der Waals surface area contributed by atoms with Crippen molar-refractivity contribution < 1.29 is 88.8 Å². The molecule has 0 spiro atoms. The molecule has 1 unspecified atom stereocenters. The number of aliphatic carboxylic acids is 2. The minimum Gasteiger partial charge on any atom is -0.857 e. The third-order valence-electron chi connectivity index (χ3n) is 4.70. The van der Waals surface area contributed by atoms with Gasteiger partial charge in [0.05, 0.1) is 11.7 Å². The molecule has 15 heteroatoms. The number of rotatable bonds is 9. The van der Waals surface area contributed by atoms with Crippen molar-refractivity contribution in [3.8, 4) is 5.88 Å². The molecule has 34 heavy (non-hydrogen) atoms. The number of carbonyl (C=O) groups excluding carboxylic acids is 2. The van der Waals surface area contributed by atoms with Crippen LogP contribution in [0.25, 0.3) is 0 Å². The summed E-state index contributed by atoms with van der Waals surface area (Å²) in [6.07, 6.45) is -0.765. The predicted molar refractivity (Wildman–Crippen MR) is 110 cm³/mol. The number of hydrogen-bond acceptors (Lipinski definition) is 11. The zero-order valence-electron chi connectivity index (χ0n) is 18.8. The normalized spacial score (nSPS) is 14.5. The number of nitrogens with two attached hydrogens (primary N) is 1. The van der Waals surface area contributed by atoms with Gasteiger partial charge >= 0.3 is 65.1 Å². The zero-order chi connectivity index (χ0) is 23.3. The average Bonchev–Trinajstić information content (AvgIpc) is 2.75. The first-order chi connectivity index (χ1) is 15.2. The number of nitrogen functional groups attached to an aromatic ring is 1. The molecule has 1 amide bonds. The molecule has 0 bridgehead atoms. The number of benzene rings is 1. The van der Waals surface area contributed by atoms with E-state index in [1.54, 1.807) is 12.1 Å². The Hall–Kier alpha value is -2.29. The van der Waals surface area contributed by atoms with E-state index in [1.807, 2.05) is 0 Å². The Morgan fingerprint density at radius 3 is 2.50 bits per heavy atom. The van der Waals surface area contributed by atoms with E-state index in [1.165, 1.54) is 12.1 Å². The van der Waals surface area contributed by atoms with Crippen molar-refractivity contribution in [3.63, 3.8) is 0 Å². The van der Waals surface area contributed by atoms with Crippen LogP contribution in [0.1, 0.15) is 23.2 Å². The molecule has 2 aromatic rings. The van der Waals surface area contributed by atoms with E-state index in [0.717, 1.165) is 0 Å². The summed E-state index contributed by atoms with van der Waals surface area (Å²) in [7, 11) is 0. The van der Waals surface area contributed by atoms with E-state index >= 15 is 0 Å². The van der Waals surface area contributed by atoms with Gasteiger partial charge in [0, 0.05) is 36.2 Å². The van der Waals surface area contributed by atoms with E-state index in [-0.39, 0.29) is 88.8 Å². The topological polar surface area (TPSA) is 217 Å². The predicted octanol–water partition coefficient (Wildman–Crippen LogP) is -7.83. The first-order valence-electron chi connectivity index (χ1n) is 9.65. The smallest absolute Gasteiger partial charge is 0.857 e. The molecule has 2 atom stereocenters. The second-order valence-electron chi connectivity index (χ2n) is 7.07. The van der Waals surface area contributed by atoms with E-state index in [4.69, 9.17) is 10.8 Å². The van der Waals surface area contributed by atoms with E-state index in [0.29, 0.717) is 24.6 Å². The molecule has 0 radical (unpaired) electrons. The summed E-state index contributed by atoms with van der Waals surface area (Å²) in [4.78, 5) is 41.6. The van der Waals surface area contributed by atoms with Crippen LogP contribution < -0.4 is 96.3 Å². The van der Waals surface area contributed by atoms with Gasteiger partial charge in [0.2, 0.25) is 5.95 Å². The van der Waals surface area contributed by atoms with Crippen LogP contribution in [-0.4, -0.2) is 58.1 Å². The van der Waals surface area contributed by atoms with Crippen molar-refractivity contribution in [1.82, 2.24) is 15.3 Å². The van der Waals surface area contributed by atoms with Crippen LogP contribution in [0.4, 0.5) is 23.1 Å². The Morgan fingerprint density at radius 1 is 1.21 bits per heavy atom. The summed E-state index contributed by atoms with van der Waals surface area (Å²) in [5.74, 6) is -3.61. The van der Waals surface area contributed by atoms with Gasteiger partial charge < -0.3 is 47.1 Å². The SMILES string of the molecule is Nc1nc([O-])c2c(n1)NCC(CNc1ccc(C(=O)N[C@@H](CCC(=O)[O-])C(=O)O)cc1)N2.[Na+].[Na+]. The number of anilines is 4. The molecule has 13 nitrogen and oxygen atoms in total. The molecule has 2 heterocycles. The van der Waals surface area contributed by atoms with E-state index in [9.17, 15) is 24.6 Å². The number of hydrogen-bond donors (Lipinski definition) is 6. The van der Waals surface area contributed by atoms with Gasteiger partial charge in [-0.05, 0) is 37.1 Å². The molecule has 170 valence electrons. The molecule has 7 N–H and O–H groups in total. The number of carboxylic acids is 2. The third-order valence-corrected chi connectivity index (χ3v) is 4.70. The quantitative estimate of drug-likeness (QED) is 0.181.